The first-order chi connectivity index (χ1) is 12.8. The van der Waals surface area contributed by atoms with E-state index in [2.05, 4.69) is 10.6 Å². The van der Waals surface area contributed by atoms with Gasteiger partial charge in [0.1, 0.15) is 12.2 Å². The highest BCUT2D eigenvalue weighted by atomic mass is 16.6. The molecule has 2 rings (SSSR count). The van der Waals surface area contributed by atoms with Crippen molar-refractivity contribution in [3.63, 3.8) is 0 Å². The van der Waals surface area contributed by atoms with Crippen molar-refractivity contribution in [3.05, 3.63) is 50.7 Å². The first-order valence-corrected chi connectivity index (χ1v) is 8.15. The van der Waals surface area contributed by atoms with Crippen LogP contribution in [-0.4, -0.2) is 42.1 Å². The molecule has 0 spiro atoms. The number of hydrogen-bond acceptors (Lipinski definition) is 7. The molecule has 0 aliphatic carbocycles. The van der Waals surface area contributed by atoms with Crippen LogP contribution in [0.1, 0.15) is 29.8 Å². The Morgan fingerprint density at radius 3 is 2.59 bits per heavy atom. The highest BCUT2D eigenvalue weighted by Gasteiger charge is 2.31. The third kappa shape index (κ3) is 4.40. The molecular weight excluding hydrogens is 358 g/mol. The van der Waals surface area contributed by atoms with Gasteiger partial charge in [-0.2, -0.15) is 0 Å². The van der Waals surface area contributed by atoms with Gasteiger partial charge in [-0.1, -0.05) is 12.1 Å². The van der Waals surface area contributed by atoms with Crippen molar-refractivity contribution in [1.82, 2.24) is 10.6 Å². The summed E-state index contributed by atoms with van der Waals surface area (Å²) in [5.74, 6) is -1.60. The average Bonchev–Trinajstić information content (AvgIpc) is 2.58. The molecule has 0 radical (unpaired) electrons. The van der Waals surface area contributed by atoms with E-state index in [0.29, 0.717) is 5.56 Å². The van der Waals surface area contributed by atoms with Gasteiger partial charge in [-0.3, -0.25) is 10.1 Å². The normalized spacial score (nSPS) is 16.3. The van der Waals surface area contributed by atoms with E-state index in [4.69, 9.17) is 9.47 Å². The van der Waals surface area contributed by atoms with Gasteiger partial charge in [0.25, 0.3) is 5.69 Å². The van der Waals surface area contributed by atoms with Crippen LogP contribution in [0.3, 0.4) is 0 Å². The van der Waals surface area contributed by atoms with Crippen LogP contribution in [0.4, 0.5) is 10.5 Å². The van der Waals surface area contributed by atoms with Gasteiger partial charge in [-0.05, 0) is 26.8 Å². The van der Waals surface area contributed by atoms with E-state index in [1.54, 1.807) is 13.8 Å². The zero-order valence-corrected chi connectivity index (χ0v) is 15.0. The molecule has 0 fully saturated rings. The summed E-state index contributed by atoms with van der Waals surface area (Å²) in [4.78, 5) is 46.7. The van der Waals surface area contributed by atoms with E-state index in [9.17, 15) is 24.5 Å². The molecule has 10 nitrogen and oxygen atoms in total. The van der Waals surface area contributed by atoms with Gasteiger partial charge >= 0.3 is 18.0 Å². The molecule has 0 saturated heterocycles. The van der Waals surface area contributed by atoms with Crippen molar-refractivity contribution < 1.29 is 28.8 Å². The predicted molar refractivity (Wildman–Crippen MR) is 92.9 cm³/mol. The van der Waals surface area contributed by atoms with Crippen LogP contribution in [0.2, 0.25) is 0 Å². The number of ether oxygens (including phenoxy) is 2. The topological polar surface area (TPSA) is 137 Å². The third-order valence-electron chi connectivity index (χ3n) is 3.85. The molecule has 2 amide bonds. The summed E-state index contributed by atoms with van der Waals surface area (Å²) in [5, 5.41) is 16.1. The number of nitro groups is 1. The van der Waals surface area contributed by atoms with Crippen molar-refractivity contribution in [1.29, 1.82) is 0 Å². The first-order valence-electron chi connectivity index (χ1n) is 8.15. The van der Waals surface area contributed by atoms with Gasteiger partial charge in [0.05, 0.1) is 28.8 Å². The molecule has 1 heterocycles. The summed E-state index contributed by atoms with van der Waals surface area (Å²) in [6, 6.07) is 3.06. The van der Waals surface area contributed by atoms with Crippen LogP contribution in [0.15, 0.2) is 29.5 Å². The van der Waals surface area contributed by atoms with Crippen LogP contribution < -0.4 is 10.6 Å². The van der Waals surface area contributed by atoms with E-state index in [-0.39, 0.29) is 29.1 Å². The maximum atomic E-state index is 12.3. The summed E-state index contributed by atoms with van der Waals surface area (Å²) >= 11 is 0. The second kappa shape index (κ2) is 8.30. The zero-order chi connectivity index (χ0) is 20.1. The summed E-state index contributed by atoms with van der Waals surface area (Å²) in [6.07, 6.45) is 0. The lowest BCUT2D eigenvalue weighted by molar-refractivity contribution is -0.385. The van der Waals surface area contributed by atoms with E-state index in [0.717, 1.165) is 0 Å². The van der Waals surface area contributed by atoms with Crippen molar-refractivity contribution in [2.75, 3.05) is 13.2 Å². The van der Waals surface area contributed by atoms with Crippen LogP contribution in [0, 0.1) is 17.0 Å². The van der Waals surface area contributed by atoms with Gasteiger partial charge in [-0.15, -0.1) is 0 Å². The molecule has 1 atom stereocenters. The predicted octanol–water partition coefficient (Wildman–Crippen LogP) is 1.58. The second-order valence-electron chi connectivity index (χ2n) is 5.74. The molecule has 1 aliphatic heterocycles. The Hall–Kier alpha value is -3.43. The Kier molecular flexibility index (Phi) is 6.11. The molecule has 144 valence electrons. The smallest absolute Gasteiger partial charge is 0.345 e. The molecule has 1 aliphatic rings. The number of hydrogen-bond donors (Lipinski definition) is 2. The molecule has 10 heteroatoms. The third-order valence-corrected chi connectivity index (χ3v) is 3.85. The lowest BCUT2D eigenvalue weighted by atomic mass is 10.0. The lowest BCUT2D eigenvalue weighted by Gasteiger charge is -2.26. The fourth-order valence-electron chi connectivity index (χ4n) is 2.67. The number of aryl methyl sites for hydroxylation is 1. The zero-order valence-electron chi connectivity index (χ0n) is 15.0. The number of rotatable bonds is 6. The number of esters is 2. The van der Waals surface area contributed by atoms with Crippen LogP contribution in [0.5, 0.6) is 0 Å². The minimum absolute atomic E-state index is 0.0633. The number of para-hydroxylation sites is 1. The summed E-state index contributed by atoms with van der Waals surface area (Å²) in [7, 11) is 0. The molecule has 0 unspecified atom stereocenters. The largest absolute Gasteiger partial charge is 0.463 e. The van der Waals surface area contributed by atoms with E-state index >= 15 is 0 Å². The first kappa shape index (κ1) is 19.9. The van der Waals surface area contributed by atoms with E-state index < -0.39 is 35.5 Å². The maximum Gasteiger partial charge on any atom is 0.345 e. The van der Waals surface area contributed by atoms with Crippen molar-refractivity contribution in [3.8, 4) is 0 Å². The average molecular weight is 377 g/mol. The van der Waals surface area contributed by atoms with E-state index in [1.807, 2.05) is 0 Å². The van der Waals surface area contributed by atoms with Crippen LogP contribution in [-0.2, 0) is 14.3 Å². The standard InChI is InChI=1S/C17H19N3O7/c1-4-26-16(22)13-10(3)18-17(23)19-12(13)8-27-15(21)11-7-5-6-9(2)14(11)20(24)25/h5-7,10H,4,8H2,1-3H3,(H2,18,19,23)/t10-/m0/s1. The van der Waals surface area contributed by atoms with Crippen molar-refractivity contribution >= 4 is 23.7 Å². The fraction of sp³-hybridized carbons (Fsp3) is 0.353. The van der Waals surface area contributed by atoms with Gasteiger partial charge in [0.15, 0.2) is 0 Å². The Balaban J connectivity index is 2.27. The molecule has 27 heavy (non-hydrogen) atoms. The highest BCUT2D eigenvalue weighted by molar-refractivity contribution is 5.96. The molecule has 1 aromatic carbocycles. The molecule has 0 saturated carbocycles. The monoisotopic (exact) mass is 377 g/mol. The Labute approximate surface area is 154 Å². The minimum atomic E-state index is -0.943. The second-order valence-corrected chi connectivity index (χ2v) is 5.74. The lowest BCUT2D eigenvalue weighted by Crippen LogP contribution is -2.50. The molecule has 0 bridgehead atoms. The number of nitrogens with zero attached hydrogens (tertiary/aromatic N) is 1. The fourth-order valence-corrected chi connectivity index (χ4v) is 2.67. The number of carbonyl (C=O) groups excluding carboxylic acids is 3. The number of amides is 2. The summed E-state index contributed by atoms with van der Waals surface area (Å²) < 4.78 is 10.1. The molecule has 1 aromatic rings. The minimum Gasteiger partial charge on any atom is -0.463 e. The Morgan fingerprint density at radius 2 is 1.96 bits per heavy atom. The van der Waals surface area contributed by atoms with E-state index in [1.165, 1.54) is 25.1 Å². The number of carbonyl (C=O) groups is 3. The summed E-state index contributed by atoms with van der Waals surface area (Å²) in [5.41, 5.74) is -0.0857. The molecule has 2 N–H and O–H groups in total. The number of benzene rings is 1. The van der Waals surface area contributed by atoms with Crippen LogP contribution >= 0.6 is 0 Å². The number of nitro benzene ring substituents is 1. The SMILES string of the molecule is CCOC(=O)C1=C(COC(=O)c2cccc(C)c2[N+](=O)[O-])NC(=O)N[C@H]1C. The number of urea groups is 1. The maximum absolute atomic E-state index is 12.3. The van der Waals surface area contributed by atoms with Gasteiger partial charge in [-0.25, -0.2) is 14.4 Å². The van der Waals surface area contributed by atoms with Crippen molar-refractivity contribution in [2.24, 2.45) is 0 Å². The number of nitrogens with one attached hydrogen (secondary N) is 2. The Bertz CT molecular complexity index is 832. The molecule has 0 aromatic heterocycles. The van der Waals surface area contributed by atoms with Crippen molar-refractivity contribution in [2.45, 2.75) is 26.8 Å². The highest BCUT2D eigenvalue weighted by Crippen LogP contribution is 2.24. The van der Waals surface area contributed by atoms with Gasteiger partial charge < -0.3 is 20.1 Å². The van der Waals surface area contributed by atoms with Gasteiger partial charge in [0.2, 0.25) is 0 Å². The molecular formula is C17H19N3O7. The van der Waals surface area contributed by atoms with Crippen LogP contribution in [0.25, 0.3) is 0 Å². The quantitative estimate of drug-likeness (QED) is 0.436. The van der Waals surface area contributed by atoms with Gasteiger partial charge in [0, 0.05) is 5.56 Å². The Morgan fingerprint density at radius 1 is 1.26 bits per heavy atom. The summed E-state index contributed by atoms with van der Waals surface area (Å²) in [6.45, 7) is 4.40.